The molecule has 0 aromatic rings. The van der Waals surface area contributed by atoms with E-state index in [4.69, 9.17) is 9.47 Å². The normalized spacial score (nSPS) is 36.1. The molecule has 0 aliphatic carbocycles. The molecular weight excluding hydrogens is 186 g/mol. The smallest absolute Gasteiger partial charge is 0.287 e. The lowest BCUT2D eigenvalue weighted by Crippen LogP contribution is -2.39. The van der Waals surface area contributed by atoms with Gasteiger partial charge in [0.15, 0.2) is 5.79 Å². The predicted octanol–water partition coefficient (Wildman–Crippen LogP) is -0.405. The summed E-state index contributed by atoms with van der Waals surface area (Å²) in [6.45, 7) is 4.04. The highest BCUT2D eigenvalue weighted by Crippen LogP contribution is 2.26. The summed E-state index contributed by atoms with van der Waals surface area (Å²) >= 11 is 0. The number of hydrogen-bond acceptors (Lipinski definition) is 4. The highest BCUT2D eigenvalue weighted by Gasteiger charge is 2.42. The fraction of sp³-hybridized carbons (Fsp3) is 0.778. The van der Waals surface area contributed by atoms with Crippen molar-refractivity contribution in [3.8, 4) is 0 Å². The summed E-state index contributed by atoms with van der Waals surface area (Å²) in [7, 11) is 0. The number of carbonyl (C=O) groups excluding carboxylic acids is 2. The predicted molar refractivity (Wildman–Crippen MR) is 46.5 cm³/mol. The molecule has 0 saturated carbocycles. The molecule has 0 radical (unpaired) electrons. The van der Waals surface area contributed by atoms with Crippen LogP contribution in [0, 0.1) is 0 Å². The van der Waals surface area contributed by atoms with Gasteiger partial charge in [-0.15, -0.1) is 0 Å². The van der Waals surface area contributed by atoms with Crippen LogP contribution in [0.1, 0.15) is 20.3 Å². The lowest BCUT2D eigenvalue weighted by atomic mass is 10.1. The Morgan fingerprint density at radius 2 is 2.14 bits per heavy atom. The summed E-state index contributed by atoms with van der Waals surface area (Å²) in [4.78, 5) is 21.9. The van der Waals surface area contributed by atoms with Gasteiger partial charge in [-0.05, 0) is 13.8 Å². The molecule has 2 rings (SSSR count). The maximum absolute atomic E-state index is 11.0. The van der Waals surface area contributed by atoms with E-state index in [0.717, 1.165) is 0 Å². The van der Waals surface area contributed by atoms with Gasteiger partial charge in [-0.3, -0.25) is 9.59 Å². The largest absolute Gasteiger partial charge is 0.348 e. The highest BCUT2D eigenvalue weighted by molar-refractivity contribution is 6.38. The first-order valence-corrected chi connectivity index (χ1v) is 4.63. The van der Waals surface area contributed by atoms with E-state index in [1.54, 1.807) is 0 Å². The number of ketones is 1. The molecule has 2 atom stereocenters. The number of Topliss-reactive ketones (excluding diaryl/α,β-unsaturated/α-hetero) is 1. The minimum absolute atomic E-state index is 0.208. The number of amides is 1. The van der Waals surface area contributed by atoms with Crippen molar-refractivity contribution in [2.45, 2.75) is 38.2 Å². The van der Waals surface area contributed by atoms with Gasteiger partial charge in [0.2, 0.25) is 5.78 Å². The first kappa shape index (κ1) is 9.61. The molecule has 2 saturated heterocycles. The van der Waals surface area contributed by atoms with E-state index in [9.17, 15) is 9.59 Å². The summed E-state index contributed by atoms with van der Waals surface area (Å²) in [5.41, 5.74) is 0. The van der Waals surface area contributed by atoms with Gasteiger partial charge in [0.25, 0.3) is 5.91 Å². The first-order chi connectivity index (χ1) is 6.48. The van der Waals surface area contributed by atoms with Crippen molar-refractivity contribution in [3.05, 3.63) is 0 Å². The Bertz CT molecular complexity index is 271. The fourth-order valence-electron chi connectivity index (χ4n) is 1.73. The summed E-state index contributed by atoms with van der Waals surface area (Å²) in [5, 5.41) is 2.59. The van der Waals surface area contributed by atoms with Crippen molar-refractivity contribution in [2.24, 2.45) is 0 Å². The van der Waals surface area contributed by atoms with E-state index in [1.165, 1.54) is 0 Å². The van der Waals surface area contributed by atoms with E-state index in [2.05, 4.69) is 5.32 Å². The van der Waals surface area contributed by atoms with E-state index in [0.29, 0.717) is 6.61 Å². The Balaban J connectivity index is 1.99. The second-order valence-corrected chi connectivity index (χ2v) is 4.07. The van der Waals surface area contributed by atoms with Crippen molar-refractivity contribution in [1.29, 1.82) is 0 Å². The Morgan fingerprint density at radius 1 is 1.43 bits per heavy atom. The zero-order valence-electron chi connectivity index (χ0n) is 8.20. The van der Waals surface area contributed by atoms with Gasteiger partial charge in [0, 0.05) is 6.42 Å². The zero-order valence-corrected chi connectivity index (χ0v) is 8.20. The van der Waals surface area contributed by atoms with Gasteiger partial charge in [0.1, 0.15) is 6.10 Å². The maximum atomic E-state index is 11.0. The molecule has 0 spiro atoms. The fourth-order valence-corrected chi connectivity index (χ4v) is 1.73. The van der Waals surface area contributed by atoms with Crippen molar-refractivity contribution in [2.75, 3.05) is 6.61 Å². The average Bonchev–Trinajstić information content (AvgIpc) is 2.57. The van der Waals surface area contributed by atoms with E-state index in [-0.39, 0.29) is 24.3 Å². The molecule has 5 nitrogen and oxygen atoms in total. The summed E-state index contributed by atoms with van der Waals surface area (Å²) in [6, 6.07) is -0.225. The second-order valence-electron chi connectivity index (χ2n) is 4.07. The van der Waals surface area contributed by atoms with Crippen molar-refractivity contribution >= 4 is 11.7 Å². The Hall–Kier alpha value is -0.940. The molecule has 2 aliphatic heterocycles. The topological polar surface area (TPSA) is 64.6 Å². The monoisotopic (exact) mass is 199 g/mol. The number of carbonyl (C=O) groups is 2. The van der Waals surface area contributed by atoms with Gasteiger partial charge >= 0.3 is 0 Å². The molecule has 78 valence electrons. The molecule has 0 aromatic heterocycles. The van der Waals surface area contributed by atoms with Gasteiger partial charge in [0.05, 0.1) is 12.6 Å². The Morgan fingerprint density at radius 3 is 2.57 bits per heavy atom. The Kier molecular flexibility index (Phi) is 2.08. The summed E-state index contributed by atoms with van der Waals surface area (Å²) < 4.78 is 10.9. The van der Waals surface area contributed by atoms with Crippen LogP contribution in [0.15, 0.2) is 0 Å². The van der Waals surface area contributed by atoms with Gasteiger partial charge in [-0.1, -0.05) is 0 Å². The first-order valence-electron chi connectivity index (χ1n) is 4.63. The molecular formula is C9H13NO4. The molecule has 1 N–H and O–H groups in total. The minimum atomic E-state index is -0.610. The lowest BCUT2D eigenvalue weighted by Gasteiger charge is -2.20. The van der Waals surface area contributed by atoms with Gasteiger partial charge in [-0.25, -0.2) is 0 Å². The highest BCUT2D eigenvalue weighted by atomic mass is 16.7. The van der Waals surface area contributed by atoms with Crippen LogP contribution >= 0.6 is 0 Å². The summed E-state index contributed by atoms with van der Waals surface area (Å²) in [6.07, 6.45) is 0.00329. The SMILES string of the molecule is CC1(C)OC[C@H]([C@@H]2CC(=O)C(=O)N2)O1. The van der Waals surface area contributed by atoms with Crippen LogP contribution in [0.2, 0.25) is 0 Å². The average molecular weight is 199 g/mol. The third-order valence-corrected chi connectivity index (χ3v) is 2.45. The maximum Gasteiger partial charge on any atom is 0.287 e. The molecule has 0 bridgehead atoms. The molecule has 5 heteroatoms. The second kappa shape index (κ2) is 3.03. The molecule has 2 fully saturated rings. The van der Waals surface area contributed by atoms with Crippen LogP contribution < -0.4 is 5.32 Å². The molecule has 1 amide bonds. The van der Waals surface area contributed by atoms with Crippen LogP contribution in [0.3, 0.4) is 0 Å². The standard InChI is InChI=1S/C9H13NO4/c1-9(2)13-4-7(14-9)5-3-6(11)8(12)10-5/h5,7H,3-4H2,1-2H3,(H,10,12)/t5-,7+/m0/s1. The van der Waals surface area contributed by atoms with Crippen molar-refractivity contribution in [3.63, 3.8) is 0 Å². The van der Waals surface area contributed by atoms with Crippen LogP contribution in [0.5, 0.6) is 0 Å². The molecule has 2 aliphatic rings. The molecule has 14 heavy (non-hydrogen) atoms. The zero-order chi connectivity index (χ0) is 10.3. The van der Waals surface area contributed by atoms with Crippen LogP contribution in [-0.4, -0.2) is 36.2 Å². The van der Waals surface area contributed by atoms with Crippen LogP contribution in [-0.2, 0) is 19.1 Å². The third kappa shape index (κ3) is 1.65. The summed E-state index contributed by atoms with van der Waals surface area (Å²) in [5.74, 6) is -1.49. The van der Waals surface area contributed by atoms with E-state index in [1.807, 2.05) is 13.8 Å². The molecule has 0 unspecified atom stereocenters. The van der Waals surface area contributed by atoms with E-state index >= 15 is 0 Å². The van der Waals surface area contributed by atoms with Crippen LogP contribution in [0.4, 0.5) is 0 Å². The number of hydrogen-bond donors (Lipinski definition) is 1. The van der Waals surface area contributed by atoms with Crippen molar-refractivity contribution < 1.29 is 19.1 Å². The third-order valence-electron chi connectivity index (χ3n) is 2.45. The number of ether oxygens (including phenoxy) is 2. The van der Waals surface area contributed by atoms with Crippen molar-refractivity contribution in [1.82, 2.24) is 5.32 Å². The number of nitrogens with one attached hydrogen (secondary N) is 1. The van der Waals surface area contributed by atoms with Gasteiger partial charge < -0.3 is 14.8 Å². The minimum Gasteiger partial charge on any atom is -0.348 e. The lowest BCUT2D eigenvalue weighted by molar-refractivity contribution is -0.142. The quantitative estimate of drug-likeness (QED) is 0.583. The number of rotatable bonds is 1. The van der Waals surface area contributed by atoms with E-state index < -0.39 is 11.7 Å². The van der Waals surface area contributed by atoms with Gasteiger partial charge in [-0.2, -0.15) is 0 Å². The Labute approximate surface area is 81.7 Å². The molecule has 2 heterocycles. The van der Waals surface area contributed by atoms with Crippen LogP contribution in [0.25, 0.3) is 0 Å². The molecule has 0 aromatic carbocycles.